The maximum absolute atomic E-state index is 13.7. The molecule has 0 saturated carbocycles. The maximum atomic E-state index is 13.7. The molecule has 2 aliphatic heterocycles. The van der Waals surface area contributed by atoms with E-state index < -0.39 is 29.9 Å². The van der Waals surface area contributed by atoms with Gasteiger partial charge in [0.15, 0.2) is 6.10 Å². The number of para-hydroxylation sites is 1. The lowest BCUT2D eigenvalue weighted by atomic mass is 9.90. The Hall–Kier alpha value is -4.46. The van der Waals surface area contributed by atoms with Gasteiger partial charge in [-0.1, -0.05) is 60.1 Å². The molecule has 2 aliphatic rings. The van der Waals surface area contributed by atoms with Gasteiger partial charge in [-0.25, -0.2) is 14.8 Å². The van der Waals surface area contributed by atoms with E-state index >= 15 is 0 Å². The Morgan fingerprint density at radius 2 is 1.37 bits per heavy atom. The number of anilines is 2. The number of fused-ring (bicyclic) bond motifs is 1. The van der Waals surface area contributed by atoms with Crippen LogP contribution >= 0.6 is 11.6 Å². The molecule has 2 saturated heterocycles. The van der Waals surface area contributed by atoms with Gasteiger partial charge in [-0.3, -0.25) is 14.4 Å². The third kappa shape index (κ3) is 4.22. The summed E-state index contributed by atoms with van der Waals surface area (Å²) in [6.45, 7) is 0. The van der Waals surface area contributed by atoms with E-state index in [1.54, 1.807) is 77.9 Å². The largest absolute Gasteiger partial charge is 0.423 e. The van der Waals surface area contributed by atoms with Gasteiger partial charge in [-0.2, -0.15) is 0 Å². The zero-order valence-corrected chi connectivity index (χ0v) is 20.7. The molecule has 8 heteroatoms. The van der Waals surface area contributed by atoms with Crippen LogP contribution in [0.5, 0.6) is 5.75 Å². The number of esters is 1. The average Bonchev–Trinajstić information content (AvgIpc) is 3.46. The first-order valence-electron chi connectivity index (χ1n) is 12.0. The van der Waals surface area contributed by atoms with Crippen LogP contribution in [0.3, 0.4) is 0 Å². The Morgan fingerprint density at radius 3 is 2.03 bits per heavy atom. The first kappa shape index (κ1) is 23.9. The molecule has 0 aromatic heterocycles. The van der Waals surface area contributed by atoms with Crippen molar-refractivity contribution in [2.45, 2.75) is 12.1 Å². The standard InChI is InChI=1S/C30H21ClN2O5/c31-21-13-15-22(16-14-21)32-28(34)25-26(33(38-27(25)29(32)35)23-9-5-2-6-10-23)19-11-17-24(18-12-19)37-30(36)20-7-3-1-4-8-20/h1-18,25-27H/t25-,26-,27-/m0/s1. The third-order valence-corrected chi connectivity index (χ3v) is 6.90. The van der Waals surface area contributed by atoms with Crippen molar-refractivity contribution in [3.05, 3.63) is 125 Å². The third-order valence-electron chi connectivity index (χ3n) is 6.65. The lowest BCUT2D eigenvalue weighted by molar-refractivity contribution is -0.126. The van der Waals surface area contributed by atoms with Crippen molar-refractivity contribution in [1.82, 2.24) is 0 Å². The highest BCUT2D eigenvalue weighted by Gasteiger charge is 2.60. The molecule has 38 heavy (non-hydrogen) atoms. The van der Waals surface area contributed by atoms with Crippen LogP contribution in [0.2, 0.25) is 5.02 Å². The van der Waals surface area contributed by atoms with Crippen LogP contribution in [0.25, 0.3) is 0 Å². The van der Waals surface area contributed by atoms with Crippen LogP contribution in [0.15, 0.2) is 109 Å². The number of amides is 2. The Kier molecular flexibility index (Phi) is 6.15. The fourth-order valence-corrected chi connectivity index (χ4v) is 5.00. The van der Waals surface area contributed by atoms with Crippen LogP contribution in [0, 0.1) is 5.92 Å². The van der Waals surface area contributed by atoms with Gasteiger partial charge in [0.2, 0.25) is 5.91 Å². The summed E-state index contributed by atoms with van der Waals surface area (Å²) in [7, 11) is 0. The summed E-state index contributed by atoms with van der Waals surface area (Å²) < 4.78 is 5.52. The lowest BCUT2D eigenvalue weighted by Gasteiger charge is -2.28. The molecule has 4 aromatic carbocycles. The number of benzene rings is 4. The van der Waals surface area contributed by atoms with Crippen molar-refractivity contribution in [2.24, 2.45) is 5.92 Å². The summed E-state index contributed by atoms with van der Waals surface area (Å²) in [5.74, 6) is -1.68. The Morgan fingerprint density at radius 1 is 0.737 bits per heavy atom. The zero-order valence-electron chi connectivity index (χ0n) is 19.9. The molecule has 3 atom stereocenters. The molecule has 0 spiro atoms. The van der Waals surface area contributed by atoms with Crippen LogP contribution in [-0.4, -0.2) is 23.9 Å². The number of rotatable bonds is 5. The molecule has 0 bridgehead atoms. The molecule has 0 N–H and O–H groups in total. The highest BCUT2D eigenvalue weighted by molar-refractivity contribution is 6.31. The molecule has 0 radical (unpaired) electrons. The highest BCUT2D eigenvalue weighted by atomic mass is 35.5. The first-order chi connectivity index (χ1) is 18.5. The minimum atomic E-state index is -0.987. The van der Waals surface area contributed by atoms with Gasteiger partial charge in [0.05, 0.1) is 23.0 Å². The van der Waals surface area contributed by atoms with E-state index in [2.05, 4.69) is 0 Å². The normalized spacial score (nSPS) is 20.5. The molecule has 0 aliphatic carbocycles. The molecule has 2 heterocycles. The minimum Gasteiger partial charge on any atom is -0.423 e. The molecular formula is C30H21ClN2O5. The van der Waals surface area contributed by atoms with E-state index in [-0.39, 0.29) is 5.91 Å². The van der Waals surface area contributed by atoms with Gasteiger partial charge < -0.3 is 4.74 Å². The zero-order chi connectivity index (χ0) is 26.2. The summed E-state index contributed by atoms with van der Waals surface area (Å²) in [5.41, 5.74) is 2.33. The number of hydroxylamine groups is 1. The SMILES string of the molecule is O=C(Oc1ccc([C@H]2[C@@H]3C(=O)N(c4ccc(Cl)cc4)C(=O)[C@H]3ON2c2ccccc2)cc1)c1ccccc1. The van der Waals surface area contributed by atoms with Crippen molar-refractivity contribution in [2.75, 3.05) is 9.96 Å². The summed E-state index contributed by atoms with van der Waals surface area (Å²) in [6, 6.07) is 30.9. The number of carbonyl (C=O) groups is 3. The van der Waals surface area contributed by atoms with E-state index in [0.717, 1.165) is 10.5 Å². The summed E-state index contributed by atoms with van der Waals surface area (Å²) >= 11 is 6.01. The molecular weight excluding hydrogens is 504 g/mol. The van der Waals surface area contributed by atoms with Crippen molar-refractivity contribution in [3.8, 4) is 5.75 Å². The highest BCUT2D eigenvalue weighted by Crippen LogP contribution is 2.47. The monoisotopic (exact) mass is 524 g/mol. The second-order valence-electron chi connectivity index (χ2n) is 8.97. The number of imide groups is 1. The van der Waals surface area contributed by atoms with Crippen molar-refractivity contribution >= 4 is 40.8 Å². The second kappa shape index (κ2) is 9.78. The van der Waals surface area contributed by atoms with Gasteiger partial charge >= 0.3 is 5.97 Å². The van der Waals surface area contributed by atoms with Crippen molar-refractivity contribution in [3.63, 3.8) is 0 Å². The summed E-state index contributed by atoms with van der Waals surface area (Å²) in [4.78, 5) is 46.9. The number of hydrogen-bond donors (Lipinski definition) is 0. The predicted molar refractivity (Wildman–Crippen MR) is 142 cm³/mol. The smallest absolute Gasteiger partial charge is 0.343 e. The first-order valence-corrected chi connectivity index (χ1v) is 12.4. The van der Waals surface area contributed by atoms with Crippen molar-refractivity contribution in [1.29, 1.82) is 0 Å². The summed E-state index contributed by atoms with van der Waals surface area (Å²) in [5, 5.41) is 2.13. The van der Waals surface area contributed by atoms with E-state index in [0.29, 0.717) is 27.7 Å². The fraction of sp³-hybridized carbons (Fsp3) is 0.100. The predicted octanol–water partition coefficient (Wildman–Crippen LogP) is 5.61. The number of halogens is 1. The minimum absolute atomic E-state index is 0.356. The number of hydrogen-bond acceptors (Lipinski definition) is 6. The Labute approximate surface area is 223 Å². The molecule has 6 rings (SSSR count). The van der Waals surface area contributed by atoms with E-state index in [1.165, 1.54) is 0 Å². The van der Waals surface area contributed by atoms with Crippen LogP contribution in [0.4, 0.5) is 11.4 Å². The molecule has 4 aromatic rings. The van der Waals surface area contributed by atoms with Gasteiger partial charge in [0, 0.05) is 5.02 Å². The van der Waals surface area contributed by atoms with E-state index in [1.807, 2.05) is 36.4 Å². The maximum Gasteiger partial charge on any atom is 0.343 e. The quantitative estimate of drug-likeness (QED) is 0.192. The average molecular weight is 525 g/mol. The molecule has 2 fully saturated rings. The molecule has 0 unspecified atom stereocenters. The van der Waals surface area contributed by atoms with E-state index in [9.17, 15) is 14.4 Å². The second-order valence-corrected chi connectivity index (χ2v) is 9.41. The Balaban J connectivity index is 1.32. The van der Waals surface area contributed by atoms with E-state index in [4.69, 9.17) is 21.2 Å². The number of nitrogens with zero attached hydrogens (tertiary/aromatic N) is 2. The number of ether oxygens (including phenoxy) is 1. The van der Waals surface area contributed by atoms with Crippen molar-refractivity contribution < 1.29 is 24.0 Å². The Bertz CT molecular complexity index is 1490. The van der Waals surface area contributed by atoms with Crippen LogP contribution < -0.4 is 14.7 Å². The van der Waals surface area contributed by atoms with Crippen LogP contribution in [0.1, 0.15) is 22.0 Å². The van der Waals surface area contributed by atoms with Gasteiger partial charge in [-0.05, 0) is 66.2 Å². The summed E-state index contributed by atoms with van der Waals surface area (Å²) in [6.07, 6.45) is -0.987. The molecule has 7 nitrogen and oxygen atoms in total. The fourth-order valence-electron chi connectivity index (χ4n) is 4.87. The lowest BCUT2D eigenvalue weighted by Crippen LogP contribution is -2.37. The van der Waals surface area contributed by atoms with Gasteiger partial charge in [0.1, 0.15) is 11.7 Å². The van der Waals surface area contributed by atoms with Gasteiger partial charge in [0.25, 0.3) is 5.91 Å². The topological polar surface area (TPSA) is 76.2 Å². The van der Waals surface area contributed by atoms with Crippen LogP contribution in [-0.2, 0) is 14.4 Å². The van der Waals surface area contributed by atoms with Gasteiger partial charge in [-0.15, -0.1) is 0 Å². The molecule has 2 amide bonds. The number of carbonyl (C=O) groups excluding carboxylic acids is 3. The molecule has 188 valence electrons.